The smallest absolute Gasteiger partial charge is 0.220 e. The first-order valence-corrected chi connectivity index (χ1v) is 6.14. The highest BCUT2D eigenvalue weighted by molar-refractivity contribution is 5.76. The normalized spacial score (nSPS) is 12.5. The lowest BCUT2D eigenvalue weighted by atomic mass is 10.1. The minimum atomic E-state index is 0.0122. The summed E-state index contributed by atoms with van der Waals surface area (Å²) in [6.45, 7) is 6.21. The maximum atomic E-state index is 11.7. The number of hydrogen-bond acceptors (Lipinski definition) is 2. The number of nitrogens with one attached hydrogen (secondary N) is 1. The second-order valence-electron chi connectivity index (χ2n) is 4.89. The number of rotatable bonds is 5. The van der Waals surface area contributed by atoms with Crippen LogP contribution in [0, 0.1) is 5.92 Å². The second-order valence-corrected chi connectivity index (χ2v) is 4.89. The maximum Gasteiger partial charge on any atom is 0.220 e. The van der Waals surface area contributed by atoms with Crippen LogP contribution in [0.1, 0.15) is 45.2 Å². The van der Waals surface area contributed by atoms with Crippen LogP contribution >= 0.6 is 0 Å². The van der Waals surface area contributed by atoms with Gasteiger partial charge in [0.2, 0.25) is 5.91 Å². The van der Waals surface area contributed by atoms with Crippen molar-refractivity contribution in [1.82, 2.24) is 5.32 Å². The van der Waals surface area contributed by atoms with Crippen molar-refractivity contribution < 1.29 is 4.79 Å². The quantitative estimate of drug-likeness (QED) is 0.770. The largest absolute Gasteiger partial charge is 0.399 e. The SMILES string of the molecule is CC(C)CCC(=O)NC(C)c1cccc(N)c1. The van der Waals surface area contributed by atoms with Crippen LogP contribution in [0.3, 0.4) is 0 Å². The molecule has 1 aromatic rings. The van der Waals surface area contributed by atoms with Crippen LogP contribution in [0.25, 0.3) is 0 Å². The number of amides is 1. The molecule has 0 heterocycles. The number of carbonyl (C=O) groups excluding carboxylic acids is 1. The van der Waals surface area contributed by atoms with Crippen molar-refractivity contribution in [3.63, 3.8) is 0 Å². The van der Waals surface area contributed by atoms with E-state index in [4.69, 9.17) is 5.73 Å². The average Bonchev–Trinajstić information content (AvgIpc) is 2.26. The topological polar surface area (TPSA) is 55.1 Å². The Balaban J connectivity index is 2.48. The molecule has 1 rings (SSSR count). The molecule has 0 fully saturated rings. The molecular weight excluding hydrogens is 212 g/mol. The Hall–Kier alpha value is -1.51. The van der Waals surface area contributed by atoms with Gasteiger partial charge in [0.25, 0.3) is 0 Å². The number of nitrogen functional groups attached to an aromatic ring is 1. The number of anilines is 1. The molecule has 1 atom stereocenters. The zero-order valence-electron chi connectivity index (χ0n) is 10.9. The van der Waals surface area contributed by atoms with E-state index in [0.29, 0.717) is 12.3 Å². The molecule has 1 amide bonds. The number of carbonyl (C=O) groups is 1. The molecule has 0 aromatic heterocycles. The molecule has 1 unspecified atom stereocenters. The van der Waals surface area contributed by atoms with E-state index in [1.165, 1.54) is 0 Å². The van der Waals surface area contributed by atoms with Crippen LogP contribution in [0.5, 0.6) is 0 Å². The van der Waals surface area contributed by atoms with E-state index in [1.807, 2.05) is 31.2 Å². The van der Waals surface area contributed by atoms with E-state index in [-0.39, 0.29) is 11.9 Å². The molecule has 0 aliphatic rings. The first-order chi connectivity index (χ1) is 7.99. The number of nitrogens with two attached hydrogens (primary N) is 1. The van der Waals surface area contributed by atoms with Gasteiger partial charge in [0, 0.05) is 12.1 Å². The van der Waals surface area contributed by atoms with Gasteiger partial charge in [-0.25, -0.2) is 0 Å². The van der Waals surface area contributed by atoms with E-state index in [9.17, 15) is 4.79 Å². The van der Waals surface area contributed by atoms with Crippen molar-refractivity contribution >= 4 is 11.6 Å². The Morgan fingerprint density at radius 1 is 1.35 bits per heavy atom. The van der Waals surface area contributed by atoms with E-state index in [1.54, 1.807) is 0 Å². The molecule has 0 aliphatic heterocycles. The first-order valence-electron chi connectivity index (χ1n) is 6.14. The number of hydrogen-bond donors (Lipinski definition) is 2. The summed E-state index contributed by atoms with van der Waals surface area (Å²) in [5, 5.41) is 2.98. The Labute approximate surface area is 103 Å². The molecule has 0 saturated carbocycles. The van der Waals surface area contributed by atoms with Gasteiger partial charge in [-0.15, -0.1) is 0 Å². The summed E-state index contributed by atoms with van der Waals surface area (Å²) in [5.74, 6) is 0.664. The van der Waals surface area contributed by atoms with Crippen molar-refractivity contribution in [3.8, 4) is 0 Å². The molecule has 0 aliphatic carbocycles. The molecule has 3 heteroatoms. The average molecular weight is 234 g/mol. The lowest BCUT2D eigenvalue weighted by Gasteiger charge is -2.15. The molecule has 17 heavy (non-hydrogen) atoms. The molecule has 0 radical (unpaired) electrons. The van der Waals surface area contributed by atoms with Crippen molar-refractivity contribution in [1.29, 1.82) is 0 Å². The van der Waals surface area contributed by atoms with E-state index in [0.717, 1.165) is 17.7 Å². The summed E-state index contributed by atoms with van der Waals surface area (Å²) in [6.07, 6.45) is 1.51. The summed E-state index contributed by atoms with van der Waals surface area (Å²) in [6, 6.07) is 7.63. The molecule has 3 nitrogen and oxygen atoms in total. The van der Waals surface area contributed by atoms with Crippen molar-refractivity contribution in [2.24, 2.45) is 5.92 Å². The highest BCUT2D eigenvalue weighted by Gasteiger charge is 2.09. The van der Waals surface area contributed by atoms with E-state index >= 15 is 0 Å². The first kappa shape index (κ1) is 13.6. The summed E-state index contributed by atoms with van der Waals surface area (Å²) < 4.78 is 0. The monoisotopic (exact) mass is 234 g/mol. The third-order valence-electron chi connectivity index (χ3n) is 2.74. The van der Waals surface area contributed by atoms with E-state index in [2.05, 4.69) is 19.2 Å². The lowest BCUT2D eigenvalue weighted by Crippen LogP contribution is -2.26. The summed E-state index contributed by atoms with van der Waals surface area (Å²) in [7, 11) is 0. The van der Waals surface area contributed by atoms with Crippen LogP contribution in [0.15, 0.2) is 24.3 Å². The standard InChI is InChI=1S/C14H22N2O/c1-10(2)7-8-14(17)16-11(3)12-5-4-6-13(15)9-12/h4-6,9-11H,7-8,15H2,1-3H3,(H,16,17). The fourth-order valence-electron chi connectivity index (χ4n) is 1.65. The second kappa shape index (κ2) is 6.28. The van der Waals surface area contributed by atoms with Gasteiger partial charge in [-0.2, -0.15) is 0 Å². The van der Waals surface area contributed by atoms with Gasteiger partial charge in [0.05, 0.1) is 6.04 Å². The van der Waals surface area contributed by atoms with Crippen LogP contribution in [0.2, 0.25) is 0 Å². The molecule has 0 bridgehead atoms. The van der Waals surface area contributed by atoms with Crippen LogP contribution < -0.4 is 11.1 Å². The summed E-state index contributed by atoms with van der Waals surface area (Å²) in [4.78, 5) is 11.7. The van der Waals surface area contributed by atoms with Gasteiger partial charge in [-0.3, -0.25) is 4.79 Å². The van der Waals surface area contributed by atoms with Crippen molar-refractivity contribution in [2.75, 3.05) is 5.73 Å². The van der Waals surface area contributed by atoms with Gasteiger partial charge in [-0.05, 0) is 37.0 Å². The zero-order chi connectivity index (χ0) is 12.8. The molecular formula is C14H22N2O. The Bertz CT molecular complexity index is 374. The predicted molar refractivity (Wildman–Crippen MR) is 71.5 cm³/mol. The summed E-state index contributed by atoms with van der Waals surface area (Å²) >= 11 is 0. The minimum absolute atomic E-state index is 0.0122. The minimum Gasteiger partial charge on any atom is -0.399 e. The maximum absolute atomic E-state index is 11.7. The molecule has 0 spiro atoms. The van der Waals surface area contributed by atoms with Gasteiger partial charge >= 0.3 is 0 Å². The third-order valence-corrected chi connectivity index (χ3v) is 2.74. The van der Waals surface area contributed by atoms with Gasteiger partial charge in [-0.1, -0.05) is 26.0 Å². The van der Waals surface area contributed by atoms with Crippen LogP contribution in [-0.2, 0) is 4.79 Å². The summed E-state index contributed by atoms with van der Waals surface area (Å²) in [5.41, 5.74) is 7.48. The molecule has 3 N–H and O–H groups in total. The number of benzene rings is 1. The van der Waals surface area contributed by atoms with Crippen LogP contribution in [-0.4, -0.2) is 5.91 Å². The highest BCUT2D eigenvalue weighted by Crippen LogP contribution is 2.15. The fourth-order valence-corrected chi connectivity index (χ4v) is 1.65. The lowest BCUT2D eigenvalue weighted by molar-refractivity contribution is -0.122. The van der Waals surface area contributed by atoms with Gasteiger partial charge < -0.3 is 11.1 Å². The third kappa shape index (κ3) is 4.89. The molecule has 94 valence electrons. The van der Waals surface area contributed by atoms with E-state index < -0.39 is 0 Å². The van der Waals surface area contributed by atoms with Gasteiger partial charge in [0.1, 0.15) is 0 Å². The Morgan fingerprint density at radius 3 is 2.65 bits per heavy atom. The van der Waals surface area contributed by atoms with Gasteiger partial charge in [0.15, 0.2) is 0 Å². The van der Waals surface area contributed by atoms with Crippen molar-refractivity contribution in [2.45, 2.75) is 39.7 Å². The van der Waals surface area contributed by atoms with Crippen molar-refractivity contribution in [3.05, 3.63) is 29.8 Å². The molecule has 0 saturated heterocycles. The fraction of sp³-hybridized carbons (Fsp3) is 0.500. The Morgan fingerprint density at radius 2 is 2.06 bits per heavy atom. The Kier molecular flexibility index (Phi) is 5.01. The van der Waals surface area contributed by atoms with Crippen LogP contribution in [0.4, 0.5) is 5.69 Å². The predicted octanol–water partition coefficient (Wildman–Crippen LogP) is 2.88. The molecule has 1 aromatic carbocycles. The highest BCUT2D eigenvalue weighted by atomic mass is 16.1. The zero-order valence-corrected chi connectivity index (χ0v) is 10.9.